The number of halogens is 2. The Morgan fingerprint density at radius 3 is 2.50 bits per heavy atom. The molecule has 0 aromatic rings. The van der Waals surface area contributed by atoms with Crippen LogP contribution in [0.15, 0.2) is 11.6 Å². The first-order chi connectivity index (χ1) is 9.99. The van der Waals surface area contributed by atoms with Crippen LogP contribution in [0.5, 0.6) is 0 Å². The number of carbonyl (C=O) groups is 1. The standard InChI is InChI=1S/C18H27Cl2NO/c1-11-9-14-15(3,4)7-6-8-16(5)17(14,18(16,19)20)10-13(11)21-12(2)22/h9,13-14H,6-8,10H2,1-5H3,(H,21,22)/t13-,14-,16-,17+/m1/s1. The minimum absolute atomic E-state index is 0.0116. The van der Waals surface area contributed by atoms with Crippen LogP contribution in [0.4, 0.5) is 0 Å². The normalized spacial score (nSPS) is 45.0. The van der Waals surface area contributed by atoms with Gasteiger partial charge in [-0.25, -0.2) is 0 Å². The Kier molecular flexibility index (Phi) is 3.53. The number of alkyl halides is 2. The van der Waals surface area contributed by atoms with Gasteiger partial charge < -0.3 is 5.32 Å². The van der Waals surface area contributed by atoms with Crippen molar-refractivity contribution >= 4 is 29.1 Å². The fourth-order valence-corrected chi connectivity index (χ4v) is 6.79. The lowest BCUT2D eigenvalue weighted by atomic mass is 9.62. The highest BCUT2D eigenvalue weighted by molar-refractivity contribution is 6.52. The molecule has 0 radical (unpaired) electrons. The molecular formula is C18H27Cl2NO. The Morgan fingerprint density at radius 2 is 1.91 bits per heavy atom. The summed E-state index contributed by atoms with van der Waals surface area (Å²) >= 11 is 13.8. The summed E-state index contributed by atoms with van der Waals surface area (Å²) in [5.41, 5.74) is 1.25. The Labute approximate surface area is 144 Å². The van der Waals surface area contributed by atoms with Crippen molar-refractivity contribution in [2.45, 2.75) is 70.7 Å². The lowest BCUT2D eigenvalue weighted by Crippen LogP contribution is -2.45. The zero-order valence-electron chi connectivity index (χ0n) is 14.2. The van der Waals surface area contributed by atoms with Crippen molar-refractivity contribution in [3.05, 3.63) is 11.6 Å². The molecule has 4 heteroatoms. The van der Waals surface area contributed by atoms with Crippen LogP contribution in [-0.4, -0.2) is 16.3 Å². The largest absolute Gasteiger partial charge is 0.350 e. The van der Waals surface area contributed by atoms with Crippen molar-refractivity contribution in [2.75, 3.05) is 0 Å². The number of rotatable bonds is 1. The first-order valence-electron chi connectivity index (χ1n) is 8.33. The molecule has 0 unspecified atom stereocenters. The van der Waals surface area contributed by atoms with Crippen LogP contribution in [0.1, 0.15) is 60.3 Å². The molecule has 124 valence electrons. The van der Waals surface area contributed by atoms with Gasteiger partial charge in [-0.3, -0.25) is 4.79 Å². The zero-order chi connectivity index (χ0) is 16.6. The van der Waals surface area contributed by atoms with E-state index in [4.69, 9.17) is 23.2 Å². The van der Waals surface area contributed by atoms with E-state index in [1.807, 2.05) is 0 Å². The summed E-state index contributed by atoms with van der Waals surface area (Å²) in [5.74, 6) is 0.380. The molecule has 1 N–H and O–H groups in total. The van der Waals surface area contributed by atoms with Gasteiger partial charge in [0.2, 0.25) is 5.91 Å². The predicted molar refractivity (Wildman–Crippen MR) is 92.1 cm³/mol. The van der Waals surface area contributed by atoms with E-state index < -0.39 is 4.33 Å². The van der Waals surface area contributed by atoms with E-state index >= 15 is 0 Å². The Morgan fingerprint density at radius 1 is 1.27 bits per heavy atom. The maximum atomic E-state index is 11.6. The molecule has 2 nitrogen and oxygen atoms in total. The van der Waals surface area contributed by atoms with E-state index in [9.17, 15) is 4.79 Å². The summed E-state index contributed by atoms with van der Waals surface area (Å²) in [7, 11) is 0. The summed E-state index contributed by atoms with van der Waals surface area (Å²) in [6.07, 6.45) is 6.65. The van der Waals surface area contributed by atoms with Crippen molar-refractivity contribution in [2.24, 2.45) is 22.2 Å². The highest BCUT2D eigenvalue weighted by Crippen LogP contribution is 2.87. The van der Waals surface area contributed by atoms with Crippen LogP contribution in [0, 0.1) is 22.2 Å². The highest BCUT2D eigenvalue weighted by atomic mass is 35.5. The van der Waals surface area contributed by atoms with E-state index in [1.54, 1.807) is 6.92 Å². The average Bonchev–Trinajstić information content (AvgIpc) is 2.76. The highest BCUT2D eigenvalue weighted by Gasteiger charge is 2.87. The quantitative estimate of drug-likeness (QED) is 0.535. The molecule has 0 aliphatic heterocycles. The molecule has 4 atom stereocenters. The minimum atomic E-state index is -0.698. The van der Waals surface area contributed by atoms with Gasteiger partial charge in [-0.2, -0.15) is 0 Å². The van der Waals surface area contributed by atoms with Crippen LogP contribution in [0.2, 0.25) is 0 Å². The van der Waals surface area contributed by atoms with Gasteiger partial charge >= 0.3 is 0 Å². The molecule has 2 saturated carbocycles. The topological polar surface area (TPSA) is 29.1 Å². The number of allylic oxidation sites excluding steroid dienone is 1. The van der Waals surface area contributed by atoms with Crippen LogP contribution in [0.3, 0.4) is 0 Å². The van der Waals surface area contributed by atoms with Crippen LogP contribution < -0.4 is 5.32 Å². The van der Waals surface area contributed by atoms with Crippen molar-refractivity contribution in [3.63, 3.8) is 0 Å². The molecule has 2 fully saturated rings. The Bertz CT molecular complexity index is 553. The van der Waals surface area contributed by atoms with Crippen LogP contribution in [0.25, 0.3) is 0 Å². The predicted octanol–water partition coefficient (Wildman–Crippen LogP) is 4.85. The number of nitrogens with one attached hydrogen (secondary N) is 1. The fraction of sp³-hybridized carbons (Fsp3) is 0.833. The Balaban J connectivity index is 2.10. The van der Waals surface area contributed by atoms with Gasteiger partial charge in [-0.05, 0) is 37.5 Å². The molecule has 0 aromatic carbocycles. The van der Waals surface area contributed by atoms with Crippen LogP contribution >= 0.6 is 23.2 Å². The first kappa shape index (κ1) is 16.6. The molecular weight excluding hydrogens is 317 g/mol. The van der Waals surface area contributed by atoms with Crippen molar-refractivity contribution in [3.8, 4) is 0 Å². The van der Waals surface area contributed by atoms with Crippen LogP contribution in [-0.2, 0) is 4.79 Å². The number of hydrogen-bond donors (Lipinski definition) is 1. The maximum Gasteiger partial charge on any atom is 0.217 e. The molecule has 0 saturated heterocycles. The second-order valence-corrected chi connectivity index (χ2v) is 9.89. The SMILES string of the molecule is CC(=O)N[C@@H]1C[C@]23[C@H](C=C1C)C(C)(C)CCC[C@@]2(C)C3(Cl)Cl. The molecule has 1 spiro atoms. The fourth-order valence-electron chi connectivity index (χ4n) is 5.55. The maximum absolute atomic E-state index is 11.6. The van der Waals surface area contributed by atoms with Gasteiger partial charge in [-0.1, -0.05) is 38.8 Å². The molecule has 0 aromatic heterocycles. The smallest absolute Gasteiger partial charge is 0.217 e. The second-order valence-electron chi connectivity index (χ2n) is 8.57. The first-order valence-corrected chi connectivity index (χ1v) is 9.08. The molecule has 0 heterocycles. The molecule has 3 rings (SSSR count). The summed E-state index contributed by atoms with van der Waals surface area (Å²) < 4.78 is -0.698. The molecule has 0 bridgehead atoms. The van der Waals surface area contributed by atoms with E-state index in [1.165, 1.54) is 18.4 Å². The van der Waals surface area contributed by atoms with Gasteiger partial charge in [0.15, 0.2) is 0 Å². The number of amides is 1. The van der Waals surface area contributed by atoms with Crippen molar-refractivity contribution in [1.82, 2.24) is 5.32 Å². The summed E-state index contributed by atoms with van der Waals surface area (Å²) in [6, 6.07) is 0.0568. The third-order valence-corrected chi connectivity index (χ3v) is 8.44. The minimum Gasteiger partial charge on any atom is -0.350 e. The summed E-state index contributed by atoms with van der Waals surface area (Å²) in [6.45, 7) is 10.6. The molecule has 22 heavy (non-hydrogen) atoms. The average molecular weight is 344 g/mol. The van der Waals surface area contributed by atoms with E-state index in [0.29, 0.717) is 5.92 Å². The third-order valence-electron chi connectivity index (χ3n) is 6.93. The monoisotopic (exact) mass is 343 g/mol. The van der Waals surface area contributed by atoms with E-state index in [2.05, 4.69) is 39.1 Å². The van der Waals surface area contributed by atoms with Crippen molar-refractivity contribution < 1.29 is 4.79 Å². The van der Waals surface area contributed by atoms with Gasteiger partial charge in [0.1, 0.15) is 4.33 Å². The van der Waals surface area contributed by atoms with E-state index in [0.717, 1.165) is 12.8 Å². The third kappa shape index (κ3) is 1.83. The van der Waals surface area contributed by atoms with E-state index in [-0.39, 0.29) is 28.2 Å². The van der Waals surface area contributed by atoms with Gasteiger partial charge in [0.05, 0.1) is 6.04 Å². The lowest BCUT2D eigenvalue weighted by Gasteiger charge is -2.44. The second kappa shape index (κ2) is 4.66. The number of hydrogen-bond acceptors (Lipinski definition) is 1. The molecule has 3 aliphatic rings. The summed E-state index contributed by atoms with van der Waals surface area (Å²) in [5, 5.41) is 3.09. The van der Waals surface area contributed by atoms with Gasteiger partial charge in [0.25, 0.3) is 0 Å². The van der Waals surface area contributed by atoms with Crippen molar-refractivity contribution in [1.29, 1.82) is 0 Å². The zero-order valence-corrected chi connectivity index (χ0v) is 15.7. The lowest BCUT2D eigenvalue weighted by molar-refractivity contribution is -0.119. The van der Waals surface area contributed by atoms with Gasteiger partial charge in [-0.15, -0.1) is 23.2 Å². The summed E-state index contributed by atoms with van der Waals surface area (Å²) in [4.78, 5) is 11.6. The molecule has 3 aliphatic carbocycles. The van der Waals surface area contributed by atoms with Gasteiger partial charge in [0, 0.05) is 17.8 Å². The number of carbonyl (C=O) groups excluding carboxylic acids is 1. The Hall–Kier alpha value is -0.210. The molecule has 1 amide bonds.